The highest BCUT2D eigenvalue weighted by Gasteiger charge is 2.09. The summed E-state index contributed by atoms with van der Waals surface area (Å²) in [5.41, 5.74) is 2.89. The zero-order valence-electron chi connectivity index (χ0n) is 14.6. The molecule has 0 radical (unpaired) electrons. The van der Waals surface area contributed by atoms with Gasteiger partial charge in [0.2, 0.25) is 5.91 Å². The fourth-order valence-corrected chi connectivity index (χ4v) is 3.02. The van der Waals surface area contributed by atoms with E-state index in [0.29, 0.717) is 28.4 Å². The first-order valence-corrected chi connectivity index (χ1v) is 8.60. The third-order valence-electron chi connectivity index (χ3n) is 4.14. The van der Waals surface area contributed by atoms with Crippen LogP contribution in [0.5, 0.6) is 5.75 Å². The van der Waals surface area contributed by atoms with Crippen LogP contribution in [0.25, 0.3) is 10.9 Å². The number of fused-ring (bicyclic) bond motifs is 1. The number of aromatic nitrogens is 1. The van der Waals surface area contributed by atoms with Gasteiger partial charge in [0, 0.05) is 23.2 Å². The van der Waals surface area contributed by atoms with Crippen molar-refractivity contribution in [2.24, 2.45) is 0 Å². The molecule has 26 heavy (non-hydrogen) atoms. The van der Waals surface area contributed by atoms with Gasteiger partial charge in [0.15, 0.2) is 0 Å². The van der Waals surface area contributed by atoms with Crippen LogP contribution in [0.15, 0.2) is 47.3 Å². The summed E-state index contributed by atoms with van der Waals surface area (Å²) in [6, 6.07) is 12.8. The van der Waals surface area contributed by atoms with Gasteiger partial charge < -0.3 is 15.0 Å². The Morgan fingerprint density at radius 1 is 1.19 bits per heavy atom. The normalized spacial score (nSPS) is 10.7. The Morgan fingerprint density at radius 2 is 2.00 bits per heavy atom. The molecule has 6 heteroatoms. The van der Waals surface area contributed by atoms with Gasteiger partial charge >= 0.3 is 0 Å². The number of H-pyrrole nitrogens is 1. The number of amides is 1. The molecule has 134 valence electrons. The van der Waals surface area contributed by atoms with E-state index in [0.717, 1.165) is 16.5 Å². The molecule has 0 saturated carbocycles. The molecule has 1 amide bonds. The largest absolute Gasteiger partial charge is 0.495 e. The van der Waals surface area contributed by atoms with Crippen molar-refractivity contribution in [2.45, 2.75) is 19.8 Å². The Hall–Kier alpha value is -2.79. The molecule has 0 fully saturated rings. The van der Waals surface area contributed by atoms with Crippen LogP contribution in [0.4, 0.5) is 5.69 Å². The lowest BCUT2D eigenvalue weighted by molar-refractivity contribution is -0.116. The number of ether oxygens (including phenoxy) is 1. The van der Waals surface area contributed by atoms with E-state index in [4.69, 9.17) is 16.3 Å². The summed E-state index contributed by atoms with van der Waals surface area (Å²) in [5.74, 6) is 0.359. The van der Waals surface area contributed by atoms with Crippen molar-refractivity contribution >= 4 is 34.1 Å². The van der Waals surface area contributed by atoms with Crippen LogP contribution in [0.2, 0.25) is 5.02 Å². The SMILES string of the molecule is COc1ccc(NC(=O)CCc2cc3ccc(C)cc3[nH]c2=O)cc1Cl. The minimum atomic E-state index is -0.186. The minimum absolute atomic E-state index is 0.164. The molecule has 0 aliphatic carbocycles. The number of benzene rings is 2. The quantitative estimate of drug-likeness (QED) is 0.711. The Kier molecular flexibility index (Phi) is 5.28. The summed E-state index contributed by atoms with van der Waals surface area (Å²) in [7, 11) is 1.53. The van der Waals surface area contributed by atoms with Gasteiger partial charge in [-0.3, -0.25) is 9.59 Å². The predicted octanol–water partition coefficient (Wildman–Crippen LogP) is 4.07. The number of pyridine rings is 1. The van der Waals surface area contributed by atoms with Crippen molar-refractivity contribution in [3.8, 4) is 5.75 Å². The van der Waals surface area contributed by atoms with E-state index in [-0.39, 0.29) is 17.9 Å². The van der Waals surface area contributed by atoms with Crippen LogP contribution in [-0.2, 0) is 11.2 Å². The van der Waals surface area contributed by atoms with Crippen molar-refractivity contribution in [1.82, 2.24) is 4.98 Å². The molecule has 0 saturated heterocycles. The number of methoxy groups -OCH3 is 1. The van der Waals surface area contributed by atoms with E-state index >= 15 is 0 Å². The fraction of sp³-hybridized carbons (Fsp3) is 0.200. The number of nitrogens with one attached hydrogen (secondary N) is 2. The lowest BCUT2D eigenvalue weighted by Gasteiger charge is -2.08. The number of rotatable bonds is 5. The van der Waals surface area contributed by atoms with E-state index in [1.807, 2.05) is 31.2 Å². The van der Waals surface area contributed by atoms with Gasteiger partial charge in [0.1, 0.15) is 5.75 Å². The van der Waals surface area contributed by atoms with Crippen LogP contribution in [0, 0.1) is 6.92 Å². The van der Waals surface area contributed by atoms with E-state index < -0.39 is 0 Å². The number of aromatic amines is 1. The Morgan fingerprint density at radius 3 is 2.73 bits per heavy atom. The van der Waals surface area contributed by atoms with Gasteiger partial charge in [-0.15, -0.1) is 0 Å². The predicted molar refractivity (Wildman–Crippen MR) is 104 cm³/mol. The van der Waals surface area contributed by atoms with Crippen LogP contribution in [0.3, 0.4) is 0 Å². The standard InChI is InChI=1S/C20H19ClN2O3/c1-12-3-4-13-10-14(20(25)23-17(13)9-12)5-8-19(24)22-15-6-7-18(26-2)16(21)11-15/h3-4,6-7,9-11H,5,8H2,1-2H3,(H,22,24)(H,23,25). The molecule has 0 unspecified atom stereocenters. The molecule has 0 bridgehead atoms. The maximum Gasteiger partial charge on any atom is 0.251 e. The number of carbonyl (C=O) groups is 1. The molecule has 0 aliphatic rings. The van der Waals surface area contributed by atoms with Gasteiger partial charge in [-0.05, 0) is 54.6 Å². The summed E-state index contributed by atoms with van der Waals surface area (Å²) in [6.07, 6.45) is 0.555. The molecule has 2 N–H and O–H groups in total. The van der Waals surface area contributed by atoms with Crippen molar-refractivity contribution in [3.05, 3.63) is 69.0 Å². The van der Waals surface area contributed by atoms with Crippen LogP contribution in [-0.4, -0.2) is 18.0 Å². The van der Waals surface area contributed by atoms with Gasteiger partial charge in [-0.25, -0.2) is 0 Å². The van der Waals surface area contributed by atoms with Crippen LogP contribution >= 0.6 is 11.6 Å². The molecule has 3 aromatic rings. The maximum absolute atomic E-state index is 12.2. The molecule has 1 aromatic heterocycles. The molecular formula is C20H19ClN2O3. The van der Waals surface area contributed by atoms with E-state index in [2.05, 4.69) is 10.3 Å². The van der Waals surface area contributed by atoms with Gasteiger partial charge in [0.25, 0.3) is 5.56 Å². The summed E-state index contributed by atoms with van der Waals surface area (Å²) in [6.45, 7) is 1.97. The monoisotopic (exact) mass is 370 g/mol. The molecule has 2 aromatic carbocycles. The highest BCUT2D eigenvalue weighted by Crippen LogP contribution is 2.27. The van der Waals surface area contributed by atoms with Crippen molar-refractivity contribution in [3.63, 3.8) is 0 Å². The lowest BCUT2D eigenvalue weighted by Crippen LogP contribution is -2.17. The zero-order chi connectivity index (χ0) is 18.7. The van der Waals surface area contributed by atoms with E-state index in [1.54, 1.807) is 18.2 Å². The van der Waals surface area contributed by atoms with Crippen molar-refractivity contribution in [2.75, 3.05) is 12.4 Å². The van der Waals surface area contributed by atoms with Gasteiger partial charge in [-0.2, -0.15) is 0 Å². The number of hydrogen-bond acceptors (Lipinski definition) is 3. The molecule has 3 rings (SSSR count). The molecule has 1 heterocycles. The highest BCUT2D eigenvalue weighted by molar-refractivity contribution is 6.32. The molecule has 0 aliphatic heterocycles. The second kappa shape index (κ2) is 7.62. The lowest BCUT2D eigenvalue weighted by atomic mass is 10.1. The Labute approximate surface area is 156 Å². The Balaban J connectivity index is 1.68. The smallest absolute Gasteiger partial charge is 0.251 e. The Bertz CT molecular complexity index is 1030. The third-order valence-corrected chi connectivity index (χ3v) is 4.43. The summed E-state index contributed by atoms with van der Waals surface area (Å²) in [4.78, 5) is 27.3. The first kappa shape index (κ1) is 18.0. The summed E-state index contributed by atoms with van der Waals surface area (Å²) < 4.78 is 5.08. The maximum atomic E-state index is 12.2. The second-order valence-corrected chi connectivity index (χ2v) is 6.52. The number of carbonyl (C=O) groups excluding carboxylic acids is 1. The molecule has 0 spiro atoms. The molecule has 5 nitrogen and oxygen atoms in total. The molecule has 0 atom stereocenters. The fourth-order valence-electron chi connectivity index (χ4n) is 2.76. The van der Waals surface area contributed by atoms with Crippen LogP contribution in [0.1, 0.15) is 17.5 Å². The minimum Gasteiger partial charge on any atom is -0.495 e. The third kappa shape index (κ3) is 4.06. The number of halogens is 1. The van der Waals surface area contributed by atoms with Gasteiger partial charge in [-0.1, -0.05) is 23.7 Å². The molecular weight excluding hydrogens is 352 g/mol. The topological polar surface area (TPSA) is 71.2 Å². The number of aryl methyl sites for hydroxylation is 2. The van der Waals surface area contributed by atoms with Crippen molar-refractivity contribution < 1.29 is 9.53 Å². The van der Waals surface area contributed by atoms with E-state index in [1.165, 1.54) is 7.11 Å². The van der Waals surface area contributed by atoms with Crippen LogP contribution < -0.4 is 15.6 Å². The second-order valence-electron chi connectivity index (χ2n) is 6.11. The summed E-state index contributed by atoms with van der Waals surface area (Å²) >= 11 is 6.05. The van der Waals surface area contributed by atoms with Gasteiger partial charge in [0.05, 0.1) is 12.1 Å². The average Bonchev–Trinajstić information content (AvgIpc) is 2.60. The first-order valence-electron chi connectivity index (χ1n) is 8.22. The zero-order valence-corrected chi connectivity index (χ0v) is 15.3. The first-order chi connectivity index (χ1) is 12.5. The highest BCUT2D eigenvalue weighted by atomic mass is 35.5. The summed E-state index contributed by atoms with van der Waals surface area (Å²) in [5, 5.41) is 4.15. The number of anilines is 1. The average molecular weight is 371 g/mol. The van der Waals surface area contributed by atoms with E-state index in [9.17, 15) is 9.59 Å². The number of hydrogen-bond donors (Lipinski definition) is 2. The van der Waals surface area contributed by atoms with Crippen molar-refractivity contribution in [1.29, 1.82) is 0 Å².